The minimum absolute atomic E-state index is 0.518. The second-order valence-electron chi connectivity index (χ2n) is 1.83. The predicted octanol–water partition coefficient (Wildman–Crippen LogP) is -0.101. The maximum atomic E-state index is 10.6. The van der Waals surface area contributed by atoms with E-state index < -0.39 is 16.9 Å². The standard InChI is InChI=1S/C4H5NO3S/c1-4(9)2(6)5-3(7)8-4/h9H,1H3,(H,5,6,7). The van der Waals surface area contributed by atoms with Crippen LogP contribution in [-0.4, -0.2) is 16.9 Å². The van der Waals surface area contributed by atoms with Gasteiger partial charge in [0.25, 0.3) is 5.91 Å². The number of ether oxygens (including phenoxy) is 1. The molecule has 1 fully saturated rings. The van der Waals surface area contributed by atoms with Crippen LogP contribution in [0.5, 0.6) is 0 Å². The first-order valence-corrected chi connectivity index (χ1v) is 2.74. The van der Waals surface area contributed by atoms with E-state index >= 15 is 0 Å². The van der Waals surface area contributed by atoms with Crippen molar-refractivity contribution in [2.45, 2.75) is 11.9 Å². The Balaban J connectivity index is 2.81. The molecule has 1 unspecified atom stereocenters. The monoisotopic (exact) mass is 147 g/mol. The van der Waals surface area contributed by atoms with Gasteiger partial charge in [-0.15, -0.1) is 12.6 Å². The summed E-state index contributed by atoms with van der Waals surface area (Å²) in [7, 11) is 0. The summed E-state index contributed by atoms with van der Waals surface area (Å²) in [6.07, 6.45) is -0.738. The van der Waals surface area contributed by atoms with Crippen LogP contribution in [0, 0.1) is 0 Å². The van der Waals surface area contributed by atoms with E-state index in [-0.39, 0.29) is 0 Å². The van der Waals surface area contributed by atoms with Crippen LogP contribution in [0.25, 0.3) is 0 Å². The third-order valence-electron chi connectivity index (χ3n) is 0.928. The van der Waals surface area contributed by atoms with Crippen LogP contribution in [0.3, 0.4) is 0 Å². The quantitative estimate of drug-likeness (QED) is 0.470. The first-order chi connectivity index (χ1) is 4.02. The van der Waals surface area contributed by atoms with Crippen molar-refractivity contribution in [3.05, 3.63) is 0 Å². The zero-order chi connectivity index (χ0) is 7.07. The molecule has 1 saturated heterocycles. The van der Waals surface area contributed by atoms with Gasteiger partial charge in [-0.05, 0) is 6.92 Å². The number of hydrogen-bond acceptors (Lipinski definition) is 4. The number of carbonyl (C=O) groups excluding carboxylic acids is 2. The van der Waals surface area contributed by atoms with Gasteiger partial charge in [0.2, 0.25) is 4.93 Å². The van der Waals surface area contributed by atoms with Gasteiger partial charge in [-0.2, -0.15) is 0 Å². The smallest absolute Gasteiger partial charge is 0.415 e. The summed E-state index contributed by atoms with van der Waals surface area (Å²) in [5.41, 5.74) is 0. The van der Waals surface area contributed by atoms with Crippen molar-refractivity contribution in [1.29, 1.82) is 0 Å². The van der Waals surface area contributed by atoms with Crippen molar-refractivity contribution in [3.63, 3.8) is 0 Å². The lowest BCUT2D eigenvalue weighted by molar-refractivity contribution is -0.124. The highest BCUT2D eigenvalue weighted by molar-refractivity contribution is 7.82. The van der Waals surface area contributed by atoms with E-state index in [2.05, 4.69) is 17.4 Å². The average Bonchev–Trinajstić information content (AvgIpc) is 1.79. The maximum Gasteiger partial charge on any atom is 0.415 e. The molecule has 0 aliphatic carbocycles. The largest absolute Gasteiger partial charge is 0.422 e. The van der Waals surface area contributed by atoms with Crippen LogP contribution in [0.1, 0.15) is 6.92 Å². The fourth-order valence-corrected chi connectivity index (χ4v) is 0.600. The molecule has 1 aliphatic rings. The molecule has 0 saturated carbocycles. The molecule has 0 aromatic rings. The zero-order valence-corrected chi connectivity index (χ0v) is 5.57. The van der Waals surface area contributed by atoms with E-state index in [9.17, 15) is 9.59 Å². The first kappa shape index (κ1) is 6.41. The fourth-order valence-electron chi connectivity index (χ4n) is 0.461. The van der Waals surface area contributed by atoms with E-state index in [0.717, 1.165) is 0 Å². The molecule has 2 amide bonds. The Morgan fingerprint density at radius 2 is 2.22 bits per heavy atom. The molecular formula is C4H5NO3S. The fraction of sp³-hybridized carbons (Fsp3) is 0.500. The van der Waals surface area contributed by atoms with Crippen LogP contribution in [0.15, 0.2) is 0 Å². The normalized spacial score (nSPS) is 34.0. The Kier molecular flexibility index (Phi) is 1.16. The second kappa shape index (κ2) is 1.63. The number of amides is 2. The molecule has 0 aromatic heterocycles. The molecule has 1 rings (SSSR count). The highest BCUT2D eigenvalue weighted by atomic mass is 32.1. The van der Waals surface area contributed by atoms with Gasteiger partial charge in [-0.1, -0.05) is 0 Å². The van der Waals surface area contributed by atoms with Crippen LogP contribution >= 0.6 is 12.6 Å². The number of alkyl carbamates (subject to hydrolysis) is 1. The summed E-state index contributed by atoms with van der Waals surface area (Å²) in [6.45, 7) is 1.40. The summed E-state index contributed by atoms with van der Waals surface area (Å²) < 4.78 is 4.43. The van der Waals surface area contributed by atoms with Gasteiger partial charge < -0.3 is 4.74 Å². The van der Waals surface area contributed by atoms with Crippen molar-refractivity contribution in [3.8, 4) is 0 Å². The van der Waals surface area contributed by atoms with Gasteiger partial charge in [-0.25, -0.2) is 4.79 Å². The Morgan fingerprint density at radius 3 is 2.33 bits per heavy atom. The van der Waals surface area contributed by atoms with Gasteiger partial charge in [0.05, 0.1) is 0 Å². The zero-order valence-electron chi connectivity index (χ0n) is 4.67. The first-order valence-electron chi connectivity index (χ1n) is 2.29. The van der Waals surface area contributed by atoms with E-state index in [1.54, 1.807) is 0 Å². The summed E-state index contributed by atoms with van der Waals surface area (Å²) in [4.78, 5) is 19.6. The Hall–Kier alpha value is -0.710. The molecule has 1 heterocycles. The van der Waals surface area contributed by atoms with Gasteiger partial charge in [0, 0.05) is 0 Å². The lowest BCUT2D eigenvalue weighted by Crippen LogP contribution is -2.29. The SMILES string of the molecule is CC1(S)OC(=O)NC1=O. The number of imide groups is 1. The summed E-state index contributed by atoms with van der Waals surface area (Å²) >= 11 is 3.75. The van der Waals surface area contributed by atoms with Crippen molar-refractivity contribution in [2.75, 3.05) is 0 Å². The van der Waals surface area contributed by atoms with Gasteiger partial charge in [-0.3, -0.25) is 10.1 Å². The third kappa shape index (κ3) is 0.999. The molecule has 0 aromatic carbocycles. The molecule has 0 spiro atoms. The number of thiol groups is 1. The van der Waals surface area contributed by atoms with E-state index in [4.69, 9.17) is 0 Å². The molecular weight excluding hydrogens is 142 g/mol. The molecule has 0 bridgehead atoms. The number of nitrogens with one attached hydrogen (secondary N) is 1. The molecule has 1 N–H and O–H groups in total. The lowest BCUT2D eigenvalue weighted by atomic mass is 10.4. The maximum absolute atomic E-state index is 10.6. The third-order valence-corrected chi connectivity index (χ3v) is 1.22. The number of cyclic esters (lactones) is 1. The highest BCUT2D eigenvalue weighted by Gasteiger charge is 2.41. The molecule has 1 aliphatic heterocycles. The van der Waals surface area contributed by atoms with Crippen LogP contribution in [0.2, 0.25) is 0 Å². The van der Waals surface area contributed by atoms with E-state index in [0.29, 0.717) is 0 Å². The average molecular weight is 147 g/mol. The Bertz CT molecular complexity index is 177. The lowest BCUT2D eigenvalue weighted by Gasteiger charge is -2.08. The summed E-state index contributed by atoms with van der Waals surface area (Å²) in [6, 6.07) is 0. The van der Waals surface area contributed by atoms with Crippen LogP contribution < -0.4 is 5.32 Å². The number of carbonyl (C=O) groups is 2. The van der Waals surface area contributed by atoms with Crippen LogP contribution in [0.4, 0.5) is 4.79 Å². The minimum atomic E-state index is -1.28. The van der Waals surface area contributed by atoms with Gasteiger partial charge in [0.15, 0.2) is 0 Å². The Morgan fingerprint density at radius 1 is 1.67 bits per heavy atom. The Labute approximate surface area is 57.0 Å². The highest BCUT2D eigenvalue weighted by Crippen LogP contribution is 2.19. The summed E-state index contributed by atoms with van der Waals surface area (Å²) in [5.74, 6) is -0.518. The van der Waals surface area contributed by atoms with Gasteiger partial charge >= 0.3 is 6.09 Å². The van der Waals surface area contributed by atoms with Crippen LogP contribution in [-0.2, 0) is 9.53 Å². The molecule has 50 valence electrons. The van der Waals surface area contributed by atoms with Crippen molar-refractivity contribution in [2.24, 2.45) is 0 Å². The van der Waals surface area contributed by atoms with Gasteiger partial charge in [0.1, 0.15) is 0 Å². The van der Waals surface area contributed by atoms with Crippen molar-refractivity contribution < 1.29 is 14.3 Å². The minimum Gasteiger partial charge on any atom is -0.422 e. The molecule has 5 heteroatoms. The number of rotatable bonds is 0. The topological polar surface area (TPSA) is 55.4 Å². The molecule has 1 atom stereocenters. The second-order valence-corrected chi connectivity index (χ2v) is 2.68. The predicted molar refractivity (Wildman–Crippen MR) is 32.0 cm³/mol. The molecule has 9 heavy (non-hydrogen) atoms. The van der Waals surface area contributed by atoms with Crippen molar-refractivity contribution >= 4 is 24.6 Å². The van der Waals surface area contributed by atoms with E-state index in [1.807, 2.05) is 5.32 Å². The van der Waals surface area contributed by atoms with Crippen molar-refractivity contribution in [1.82, 2.24) is 5.32 Å². The van der Waals surface area contributed by atoms with E-state index in [1.165, 1.54) is 6.92 Å². The number of hydrogen-bond donors (Lipinski definition) is 2. The summed E-state index contributed by atoms with van der Waals surface area (Å²) in [5, 5.41) is 1.93. The molecule has 0 radical (unpaired) electrons. The molecule has 4 nitrogen and oxygen atoms in total.